The average Bonchev–Trinajstić information content (AvgIpc) is 2.38. The van der Waals surface area contributed by atoms with E-state index < -0.39 is 0 Å². The maximum Gasteiger partial charge on any atom is 0.272 e. The second-order valence-electron chi connectivity index (χ2n) is 4.31. The van der Waals surface area contributed by atoms with Crippen molar-refractivity contribution in [3.63, 3.8) is 0 Å². The number of ether oxygens (including phenoxy) is 1. The SMILES string of the molecule is Cc1ccc(C(C)NCCOCCO)cc1[N+](=O)[O-]. The Balaban J connectivity index is 2.55. The standard InChI is InChI=1S/C13H20N2O4/c1-10-3-4-12(9-13(10)15(17)18)11(2)14-5-7-19-8-6-16/h3-4,9,11,14,16H,5-8H2,1-2H3. The van der Waals surface area contributed by atoms with Crippen LogP contribution in [0.1, 0.15) is 24.1 Å². The highest BCUT2D eigenvalue weighted by molar-refractivity contribution is 5.43. The molecule has 0 fully saturated rings. The first-order chi connectivity index (χ1) is 9.06. The van der Waals surface area contributed by atoms with Crippen LogP contribution in [0.5, 0.6) is 0 Å². The smallest absolute Gasteiger partial charge is 0.272 e. The third-order valence-corrected chi connectivity index (χ3v) is 2.86. The van der Waals surface area contributed by atoms with Gasteiger partial charge in [-0.15, -0.1) is 0 Å². The van der Waals surface area contributed by atoms with Crippen molar-refractivity contribution < 1.29 is 14.8 Å². The van der Waals surface area contributed by atoms with E-state index in [1.807, 2.05) is 13.0 Å². The van der Waals surface area contributed by atoms with Gasteiger partial charge in [-0.25, -0.2) is 0 Å². The van der Waals surface area contributed by atoms with Crippen molar-refractivity contribution in [2.45, 2.75) is 19.9 Å². The Bertz CT molecular complexity index is 423. The summed E-state index contributed by atoms with van der Waals surface area (Å²) in [6, 6.07) is 5.25. The maximum atomic E-state index is 10.9. The molecule has 106 valence electrons. The number of benzene rings is 1. The van der Waals surface area contributed by atoms with Crippen molar-refractivity contribution in [2.24, 2.45) is 0 Å². The Hall–Kier alpha value is -1.50. The molecule has 1 unspecified atom stereocenters. The second-order valence-corrected chi connectivity index (χ2v) is 4.31. The van der Waals surface area contributed by atoms with Crippen LogP contribution < -0.4 is 5.32 Å². The zero-order valence-corrected chi connectivity index (χ0v) is 11.3. The number of rotatable bonds is 8. The van der Waals surface area contributed by atoms with Gasteiger partial charge >= 0.3 is 0 Å². The highest BCUT2D eigenvalue weighted by Crippen LogP contribution is 2.22. The number of nitrogens with one attached hydrogen (secondary N) is 1. The van der Waals surface area contributed by atoms with Crippen molar-refractivity contribution in [2.75, 3.05) is 26.4 Å². The van der Waals surface area contributed by atoms with E-state index in [0.717, 1.165) is 5.56 Å². The molecule has 0 bridgehead atoms. The monoisotopic (exact) mass is 268 g/mol. The molecular weight excluding hydrogens is 248 g/mol. The summed E-state index contributed by atoms with van der Waals surface area (Å²) in [6.45, 7) is 5.14. The molecule has 0 amide bonds. The van der Waals surface area contributed by atoms with Crippen LogP contribution in [0.15, 0.2) is 18.2 Å². The number of nitro groups is 1. The van der Waals surface area contributed by atoms with E-state index in [4.69, 9.17) is 9.84 Å². The Morgan fingerprint density at radius 2 is 2.21 bits per heavy atom. The molecule has 0 saturated carbocycles. The van der Waals surface area contributed by atoms with E-state index in [1.165, 1.54) is 0 Å². The summed E-state index contributed by atoms with van der Waals surface area (Å²) >= 11 is 0. The van der Waals surface area contributed by atoms with Crippen molar-refractivity contribution in [1.82, 2.24) is 5.32 Å². The molecule has 1 aromatic rings. The van der Waals surface area contributed by atoms with Gasteiger partial charge in [-0.1, -0.05) is 12.1 Å². The fourth-order valence-corrected chi connectivity index (χ4v) is 1.72. The van der Waals surface area contributed by atoms with Gasteiger partial charge in [-0.3, -0.25) is 10.1 Å². The number of hydrogen-bond donors (Lipinski definition) is 2. The van der Waals surface area contributed by atoms with Crippen molar-refractivity contribution in [1.29, 1.82) is 0 Å². The van der Waals surface area contributed by atoms with Gasteiger partial charge in [-0.2, -0.15) is 0 Å². The molecule has 0 aromatic heterocycles. The number of aryl methyl sites for hydroxylation is 1. The highest BCUT2D eigenvalue weighted by atomic mass is 16.6. The second kappa shape index (κ2) is 7.83. The Labute approximate surface area is 112 Å². The van der Waals surface area contributed by atoms with Crippen LogP contribution in [0.2, 0.25) is 0 Å². The van der Waals surface area contributed by atoms with Crippen molar-refractivity contribution in [3.8, 4) is 0 Å². The third kappa shape index (κ3) is 4.94. The molecule has 6 nitrogen and oxygen atoms in total. The average molecular weight is 268 g/mol. The zero-order valence-electron chi connectivity index (χ0n) is 11.3. The number of hydrogen-bond acceptors (Lipinski definition) is 5. The van der Waals surface area contributed by atoms with E-state index in [9.17, 15) is 10.1 Å². The first kappa shape index (κ1) is 15.6. The van der Waals surface area contributed by atoms with E-state index in [0.29, 0.717) is 25.3 Å². The summed E-state index contributed by atoms with van der Waals surface area (Å²) in [7, 11) is 0. The highest BCUT2D eigenvalue weighted by Gasteiger charge is 2.13. The van der Waals surface area contributed by atoms with Gasteiger partial charge in [0, 0.05) is 24.2 Å². The number of aliphatic hydroxyl groups is 1. The summed E-state index contributed by atoms with van der Waals surface area (Å²) in [5.74, 6) is 0. The van der Waals surface area contributed by atoms with Crippen LogP contribution in [0, 0.1) is 17.0 Å². The van der Waals surface area contributed by atoms with Crippen LogP contribution in [0.4, 0.5) is 5.69 Å². The molecule has 1 rings (SSSR count). The van der Waals surface area contributed by atoms with E-state index in [2.05, 4.69) is 5.32 Å². The topological polar surface area (TPSA) is 84.6 Å². The molecule has 0 spiro atoms. The van der Waals surface area contributed by atoms with Gasteiger partial charge in [0.15, 0.2) is 0 Å². The Morgan fingerprint density at radius 1 is 1.47 bits per heavy atom. The fraction of sp³-hybridized carbons (Fsp3) is 0.538. The lowest BCUT2D eigenvalue weighted by atomic mass is 10.0. The van der Waals surface area contributed by atoms with E-state index in [1.54, 1.807) is 19.1 Å². The predicted molar refractivity (Wildman–Crippen MR) is 72.2 cm³/mol. The predicted octanol–water partition coefficient (Wildman–Crippen LogP) is 1.56. The van der Waals surface area contributed by atoms with E-state index >= 15 is 0 Å². The molecule has 1 atom stereocenters. The van der Waals surface area contributed by atoms with Gasteiger partial charge < -0.3 is 15.2 Å². The van der Waals surface area contributed by atoms with Crippen molar-refractivity contribution in [3.05, 3.63) is 39.4 Å². The summed E-state index contributed by atoms with van der Waals surface area (Å²) in [5.41, 5.74) is 1.68. The molecule has 0 aliphatic rings. The third-order valence-electron chi connectivity index (χ3n) is 2.86. The lowest BCUT2D eigenvalue weighted by Crippen LogP contribution is -2.23. The van der Waals surface area contributed by atoms with Crippen LogP contribution in [0.25, 0.3) is 0 Å². The summed E-state index contributed by atoms with van der Waals surface area (Å²) in [4.78, 5) is 10.5. The first-order valence-corrected chi connectivity index (χ1v) is 6.23. The Kier molecular flexibility index (Phi) is 6.41. The number of aliphatic hydroxyl groups excluding tert-OH is 1. The summed E-state index contributed by atoms with van der Waals surface area (Å²) < 4.78 is 5.13. The lowest BCUT2D eigenvalue weighted by Gasteiger charge is -2.14. The fourth-order valence-electron chi connectivity index (χ4n) is 1.72. The quantitative estimate of drug-likeness (QED) is 0.424. The van der Waals surface area contributed by atoms with Crippen LogP contribution >= 0.6 is 0 Å². The summed E-state index contributed by atoms with van der Waals surface area (Å²) in [6.07, 6.45) is 0. The lowest BCUT2D eigenvalue weighted by molar-refractivity contribution is -0.385. The van der Waals surface area contributed by atoms with Gasteiger partial charge in [0.2, 0.25) is 0 Å². The zero-order chi connectivity index (χ0) is 14.3. The molecule has 1 aromatic carbocycles. The molecular formula is C13H20N2O4. The van der Waals surface area contributed by atoms with Crippen molar-refractivity contribution >= 4 is 5.69 Å². The molecule has 0 aliphatic heterocycles. The van der Waals surface area contributed by atoms with Gasteiger partial charge in [0.05, 0.1) is 24.7 Å². The van der Waals surface area contributed by atoms with E-state index in [-0.39, 0.29) is 23.3 Å². The van der Waals surface area contributed by atoms with Crippen LogP contribution in [-0.4, -0.2) is 36.4 Å². The molecule has 0 aliphatic carbocycles. The number of nitrogens with zero attached hydrogens (tertiary/aromatic N) is 1. The van der Waals surface area contributed by atoms with Crippen LogP contribution in [0.3, 0.4) is 0 Å². The molecule has 19 heavy (non-hydrogen) atoms. The first-order valence-electron chi connectivity index (χ1n) is 6.23. The molecule has 0 saturated heterocycles. The minimum absolute atomic E-state index is 0.0111. The van der Waals surface area contributed by atoms with Gasteiger partial charge in [0.25, 0.3) is 5.69 Å². The number of nitro benzene ring substituents is 1. The van der Waals surface area contributed by atoms with Gasteiger partial charge in [-0.05, 0) is 19.4 Å². The minimum Gasteiger partial charge on any atom is -0.394 e. The molecule has 6 heteroatoms. The summed E-state index contributed by atoms with van der Waals surface area (Å²) in [5, 5.41) is 22.6. The normalized spacial score (nSPS) is 12.4. The Morgan fingerprint density at radius 3 is 2.84 bits per heavy atom. The van der Waals surface area contributed by atoms with Gasteiger partial charge in [0.1, 0.15) is 0 Å². The van der Waals surface area contributed by atoms with Crippen LogP contribution in [-0.2, 0) is 4.74 Å². The molecule has 2 N–H and O–H groups in total. The maximum absolute atomic E-state index is 10.9. The largest absolute Gasteiger partial charge is 0.394 e. The molecule has 0 heterocycles. The molecule has 0 radical (unpaired) electrons. The minimum atomic E-state index is -0.365.